The smallest absolute Gasteiger partial charge is 0.326 e. The Labute approximate surface area is 102 Å². The van der Waals surface area contributed by atoms with E-state index in [1.807, 2.05) is 6.92 Å². The van der Waals surface area contributed by atoms with Crippen molar-refractivity contribution >= 4 is 11.9 Å². The Morgan fingerprint density at radius 1 is 1.47 bits per heavy atom. The first-order valence-corrected chi connectivity index (χ1v) is 6.17. The molecule has 0 aromatic carbocycles. The molecule has 0 spiro atoms. The molecule has 0 saturated carbocycles. The third-order valence-corrected chi connectivity index (χ3v) is 3.62. The second-order valence-electron chi connectivity index (χ2n) is 5.09. The molecular formula is C12H22N2O3. The molecule has 3 N–H and O–H groups in total. The maximum atomic E-state index is 12.2. The van der Waals surface area contributed by atoms with Crippen LogP contribution in [0.3, 0.4) is 0 Å². The summed E-state index contributed by atoms with van der Waals surface area (Å²) in [7, 11) is 0. The van der Waals surface area contributed by atoms with Gasteiger partial charge < -0.3 is 15.7 Å². The van der Waals surface area contributed by atoms with Gasteiger partial charge in [-0.2, -0.15) is 0 Å². The molecule has 1 aliphatic heterocycles. The lowest BCUT2D eigenvalue weighted by molar-refractivity contribution is -0.145. The van der Waals surface area contributed by atoms with Gasteiger partial charge in [0.25, 0.3) is 0 Å². The van der Waals surface area contributed by atoms with Gasteiger partial charge in [-0.15, -0.1) is 0 Å². The van der Waals surface area contributed by atoms with Gasteiger partial charge in [-0.05, 0) is 25.3 Å². The molecular weight excluding hydrogens is 220 g/mol. The van der Waals surface area contributed by atoms with Gasteiger partial charge in [0, 0.05) is 6.54 Å². The number of hydrogen-bond donors (Lipinski definition) is 3. The van der Waals surface area contributed by atoms with Gasteiger partial charge in [-0.25, -0.2) is 4.79 Å². The molecule has 17 heavy (non-hydrogen) atoms. The van der Waals surface area contributed by atoms with E-state index in [0.717, 1.165) is 19.4 Å². The first kappa shape index (κ1) is 14.0. The molecule has 0 aliphatic carbocycles. The molecule has 1 heterocycles. The van der Waals surface area contributed by atoms with Crippen molar-refractivity contribution in [1.29, 1.82) is 0 Å². The molecule has 1 rings (SSSR count). The van der Waals surface area contributed by atoms with Gasteiger partial charge in [0.05, 0.1) is 5.41 Å². The van der Waals surface area contributed by atoms with Crippen LogP contribution in [0.2, 0.25) is 0 Å². The fourth-order valence-electron chi connectivity index (χ4n) is 2.21. The summed E-state index contributed by atoms with van der Waals surface area (Å²) in [4.78, 5) is 23.3. The van der Waals surface area contributed by atoms with E-state index in [1.54, 1.807) is 13.8 Å². The number of hydrogen-bond acceptors (Lipinski definition) is 3. The van der Waals surface area contributed by atoms with E-state index in [2.05, 4.69) is 10.6 Å². The monoisotopic (exact) mass is 242 g/mol. The lowest BCUT2D eigenvalue weighted by Crippen LogP contribution is -2.51. The molecule has 5 heteroatoms. The van der Waals surface area contributed by atoms with Gasteiger partial charge in [-0.3, -0.25) is 4.79 Å². The third kappa shape index (κ3) is 2.97. The van der Waals surface area contributed by atoms with E-state index in [-0.39, 0.29) is 11.8 Å². The molecule has 1 aliphatic rings. The first-order chi connectivity index (χ1) is 7.93. The number of carboxylic acid groups (broad SMARTS) is 1. The maximum Gasteiger partial charge on any atom is 0.326 e. The summed E-state index contributed by atoms with van der Waals surface area (Å²) in [5.74, 6) is -1.21. The van der Waals surface area contributed by atoms with Crippen molar-refractivity contribution in [1.82, 2.24) is 10.6 Å². The molecule has 0 radical (unpaired) electrons. The van der Waals surface area contributed by atoms with E-state index in [1.165, 1.54) is 0 Å². The van der Waals surface area contributed by atoms with Crippen LogP contribution in [0.5, 0.6) is 0 Å². The zero-order valence-corrected chi connectivity index (χ0v) is 10.7. The maximum absolute atomic E-state index is 12.2. The van der Waals surface area contributed by atoms with Crippen LogP contribution in [0.1, 0.15) is 33.6 Å². The van der Waals surface area contributed by atoms with Crippen LogP contribution < -0.4 is 10.6 Å². The topological polar surface area (TPSA) is 78.4 Å². The largest absolute Gasteiger partial charge is 0.480 e. The lowest BCUT2D eigenvalue weighted by atomic mass is 9.83. The molecule has 1 unspecified atom stereocenters. The highest BCUT2D eigenvalue weighted by Gasteiger charge is 2.41. The Balaban J connectivity index is 2.72. The van der Waals surface area contributed by atoms with Gasteiger partial charge in [0.15, 0.2) is 0 Å². The lowest BCUT2D eigenvalue weighted by Gasteiger charge is -2.28. The van der Waals surface area contributed by atoms with E-state index in [9.17, 15) is 9.59 Å². The second-order valence-corrected chi connectivity index (χ2v) is 5.09. The Kier molecular flexibility index (Phi) is 4.51. The predicted molar refractivity (Wildman–Crippen MR) is 64.6 cm³/mol. The van der Waals surface area contributed by atoms with Gasteiger partial charge >= 0.3 is 5.97 Å². The molecule has 5 nitrogen and oxygen atoms in total. The zero-order chi connectivity index (χ0) is 13.1. The zero-order valence-electron chi connectivity index (χ0n) is 10.7. The van der Waals surface area contributed by atoms with Crippen LogP contribution in [0.4, 0.5) is 0 Å². The van der Waals surface area contributed by atoms with E-state index < -0.39 is 17.4 Å². The highest BCUT2D eigenvalue weighted by molar-refractivity contribution is 5.88. The minimum Gasteiger partial charge on any atom is -0.480 e. The van der Waals surface area contributed by atoms with Crippen molar-refractivity contribution in [3.8, 4) is 0 Å². The highest BCUT2D eigenvalue weighted by Crippen LogP contribution is 2.29. The standard InChI is InChI=1S/C12H22N2O3/c1-4-12(5-6-13-7-12)11(17)14-9(8(2)3)10(15)16/h8-9,13H,4-7H2,1-3H3,(H,14,17)(H,15,16)/t9-,12?/m1/s1. The fourth-order valence-corrected chi connectivity index (χ4v) is 2.21. The van der Waals surface area contributed by atoms with Crippen molar-refractivity contribution in [3.05, 3.63) is 0 Å². The number of aliphatic carboxylic acids is 1. The van der Waals surface area contributed by atoms with Crippen molar-refractivity contribution in [2.45, 2.75) is 39.7 Å². The number of amides is 1. The van der Waals surface area contributed by atoms with Crippen LogP contribution in [0.15, 0.2) is 0 Å². The molecule has 1 saturated heterocycles. The molecule has 98 valence electrons. The number of nitrogens with one attached hydrogen (secondary N) is 2. The first-order valence-electron chi connectivity index (χ1n) is 6.17. The average Bonchev–Trinajstić information content (AvgIpc) is 2.74. The van der Waals surface area contributed by atoms with Gasteiger partial charge in [0.2, 0.25) is 5.91 Å². The summed E-state index contributed by atoms with van der Waals surface area (Å²) >= 11 is 0. The quantitative estimate of drug-likeness (QED) is 0.659. The Morgan fingerprint density at radius 2 is 2.12 bits per heavy atom. The second kappa shape index (κ2) is 5.49. The van der Waals surface area contributed by atoms with Crippen molar-refractivity contribution in [2.24, 2.45) is 11.3 Å². The van der Waals surface area contributed by atoms with Crippen LogP contribution in [-0.2, 0) is 9.59 Å². The van der Waals surface area contributed by atoms with Gasteiger partial charge in [-0.1, -0.05) is 20.8 Å². The third-order valence-electron chi connectivity index (χ3n) is 3.62. The average molecular weight is 242 g/mol. The number of carboxylic acids is 1. The molecule has 0 aromatic rings. The van der Waals surface area contributed by atoms with E-state index in [0.29, 0.717) is 6.54 Å². The Hall–Kier alpha value is -1.10. The Bertz CT molecular complexity index is 296. The highest BCUT2D eigenvalue weighted by atomic mass is 16.4. The summed E-state index contributed by atoms with van der Waals surface area (Å²) in [5.41, 5.74) is -0.428. The van der Waals surface area contributed by atoms with Crippen molar-refractivity contribution < 1.29 is 14.7 Å². The number of carbonyl (C=O) groups excluding carboxylic acids is 1. The molecule has 0 aromatic heterocycles. The summed E-state index contributed by atoms with van der Waals surface area (Å²) in [6.45, 7) is 7.02. The van der Waals surface area contributed by atoms with E-state index >= 15 is 0 Å². The van der Waals surface area contributed by atoms with Crippen LogP contribution in [0.25, 0.3) is 0 Å². The number of rotatable bonds is 5. The van der Waals surface area contributed by atoms with Crippen LogP contribution in [0, 0.1) is 11.3 Å². The molecule has 2 atom stereocenters. The van der Waals surface area contributed by atoms with Crippen molar-refractivity contribution in [2.75, 3.05) is 13.1 Å². The van der Waals surface area contributed by atoms with E-state index in [4.69, 9.17) is 5.11 Å². The minimum atomic E-state index is -0.967. The normalized spacial score (nSPS) is 25.9. The van der Waals surface area contributed by atoms with Crippen molar-refractivity contribution in [3.63, 3.8) is 0 Å². The molecule has 1 amide bonds. The van der Waals surface area contributed by atoms with Crippen LogP contribution >= 0.6 is 0 Å². The summed E-state index contributed by atoms with van der Waals surface area (Å²) in [6.07, 6.45) is 1.51. The summed E-state index contributed by atoms with van der Waals surface area (Å²) < 4.78 is 0. The number of carbonyl (C=O) groups is 2. The summed E-state index contributed by atoms with van der Waals surface area (Å²) in [6, 6.07) is -0.800. The molecule has 1 fully saturated rings. The molecule has 0 bridgehead atoms. The SMILES string of the molecule is CCC1(C(=O)N[C@@H](C(=O)O)C(C)C)CCNC1. The predicted octanol–water partition coefficient (Wildman–Crippen LogP) is 0.601. The Morgan fingerprint density at radius 3 is 2.47 bits per heavy atom. The summed E-state index contributed by atoms with van der Waals surface area (Å²) in [5, 5.41) is 14.9. The fraction of sp³-hybridized carbons (Fsp3) is 0.833. The van der Waals surface area contributed by atoms with Gasteiger partial charge in [0.1, 0.15) is 6.04 Å². The van der Waals surface area contributed by atoms with Crippen LogP contribution in [-0.4, -0.2) is 36.1 Å². The minimum absolute atomic E-state index is 0.111.